The zero-order chi connectivity index (χ0) is 12.3. The van der Waals surface area contributed by atoms with Crippen LogP contribution < -0.4 is 5.32 Å². The third kappa shape index (κ3) is 3.95. The van der Waals surface area contributed by atoms with Gasteiger partial charge in [0.15, 0.2) is 5.78 Å². The summed E-state index contributed by atoms with van der Waals surface area (Å²) in [7, 11) is 0. The largest absolute Gasteiger partial charge is 0.303 e. The first-order chi connectivity index (χ1) is 7.29. The molecule has 0 aromatic heterocycles. The highest BCUT2D eigenvalue weighted by Crippen LogP contribution is 2.12. The Labute approximate surface area is 102 Å². The molecule has 0 amide bonds. The van der Waals surface area contributed by atoms with Gasteiger partial charge >= 0.3 is 0 Å². The van der Waals surface area contributed by atoms with Crippen molar-refractivity contribution >= 4 is 17.4 Å². The zero-order valence-electron chi connectivity index (χ0n) is 10.2. The average molecular weight is 240 g/mol. The van der Waals surface area contributed by atoms with Gasteiger partial charge < -0.3 is 5.32 Å². The quantitative estimate of drug-likeness (QED) is 0.820. The minimum atomic E-state index is -0.193. The molecule has 0 spiro atoms. The van der Waals surface area contributed by atoms with Gasteiger partial charge in [-0.15, -0.1) is 0 Å². The first-order valence-electron chi connectivity index (χ1n) is 5.37. The van der Waals surface area contributed by atoms with Gasteiger partial charge in [-0.05, 0) is 52.0 Å². The average Bonchev–Trinajstić information content (AvgIpc) is 2.15. The number of Topliss-reactive ketones (excluding diaryl/α,β-unsaturated/α-hetero) is 1. The van der Waals surface area contributed by atoms with Crippen LogP contribution in [0.3, 0.4) is 0 Å². The molecule has 0 fully saturated rings. The van der Waals surface area contributed by atoms with Gasteiger partial charge in [0.25, 0.3) is 0 Å². The van der Waals surface area contributed by atoms with Gasteiger partial charge in [-0.1, -0.05) is 11.6 Å². The molecule has 0 radical (unpaired) electrons. The van der Waals surface area contributed by atoms with Gasteiger partial charge in [0.1, 0.15) is 0 Å². The van der Waals surface area contributed by atoms with E-state index in [1.165, 1.54) is 0 Å². The molecule has 1 aromatic rings. The molecule has 0 saturated carbocycles. The molecule has 0 aliphatic rings. The maximum atomic E-state index is 12.0. The lowest BCUT2D eigenvalue weighted by atomic mass is 10.0. The molecule has 0 aliphatic heterocycles. The van der Waals surface area contributed by atoms with Crippen LogP contribution in [0.4, 0.5) is 0 Å². The SMILES string of the molecule is C[C@@H](NC(C)(C)C)C(=O)c1ccc(Cl)cc1. The topological polar surface area (TPSA) is 29.1 Å². The third-order valence-corrected chi connectivity index (χ3v) is 2.42. The van der Waals surface area contributed by atoms with Gasteiger partial charge in [-0.25, -0.2) is 0 Å². The maximum Gasteiger partial charge on any atom is 0.179 e. The summed E-state index contributed by atoms with van der Waals surface area (Å²) in [5.74, 6) is 0.0894. The van der Waals surface area contributed by atoms with E-state index in [1.54, 1.807) is 24.3 Å². The molecule has 0 bridgehead atoms. The lowest BCUT2D eigenvalue weighted by Gasteiger charge is -2.25. The van der Waals surface area contributed by atoms with Crippen molar-refractivity contribution in [3.05, 3.63) is 34.9 Å². The van der Waals surface area contributed by atoms with Gasteiger partial charge in [0, 0.05) is 16.1 Å². The third-order valence-electron chi connectivity index (χ3n) is 2.17. The first kappa shape index (κ1) is 13.2. The Hall–Kier alpha value is -0.860. The molecule has 0 saturated heterocycles. The molecule has 16 heavy (non-hydrogen) atoms. The smallest absolute Gasteiger partial charge is 0.179 e. The number of carbonyl (C=O) groups is 1. The summed E-state index contributed by atoms with van der Waals surface area (Å²) in [5, 5.41) is 3.90. The van der Waals surface area contributed by atoms with Gasteiger partial charge in [-0.3, -0.25) is 4.79 Å². The van der Waals surface area contributed by atoms with Crippen molar-refractivity contribution < 1.29 is 4.79 Å². The lowest BCUT2D eigenvalue weighted by molar-refractivity contribution is 0.0936. The van der Waals surface area contributed by atoms with Crippen molar-refractivity contribution in [1.29, 1.82) is 0 Å². The number of halogens is 1. The fourth-order valence-corrected chi connectivity index (χ4v) is 1.71. The maximum absolute atomic E-state index is 12.0. The molecular formula is C13H18ClNO. The van der Waals surface area contributed by atoms with E-state index in [0.717, 1.165) is 0 Å². The zero-order valence-corrected chi connectivity index (χ0v) is 10.9. The Kier molecular flexibility index (Phi) is 4.11. The summed E-state index contributed by atoms with van der Waals surface area (Å²) in [5.41, 5.74) is 0.621. The summed E-state index contributed by atoms with van der Waals surface area (Å²) in [6.45, 7) is 8.00. The second-order valence-corrected chi connectivity index (χ2v) is 5.42. The molecule has 3 heteroatoms. The van der Waals surface area contributed by atoms with Gasteiger partial charge in [0.05, 0.1) is 6.04 Å². The number of nitrogens with one attached hydrogen (secondary N) is 1. The Morgan fingerprint density at radius 2 is 1.75 bits per heavy atom. The van der Waals surface area contributed by atoms with Crippen LogP contribution in [0.2, 0.25) is 5.02 Å². The predicted molar refractivity (Wildman–Crippen MR) is 68.1 cm³/mol. The number of hydrogen-bond donors (Lipinski definition) is 1. The Morgan fingerprint density at radius 3 is 2.19 bits per heavy atom. The summed E-state index contributed by atoms with van der Waals surface area (Å²) in [6.07, 6.45) is 0. The van der Waals surface area contributed by atoms with Crippen LogP contribution in [-0.2, 0) is 0 Å². The molecule has 88 valence electrons. The van der Waals surface area contributed by atoms with E-state index >= 15 is 0 Å². The summed E-state index contributed by atoms with van der Waals surface area (Å²) >= 11 is 5.78. The highest BCUT2D eigenvalue weighted by Gasteiger charge is 2.20. The van der Waals surface area contributed by atoms with Crippen LogP contribution in [0.25, 0.3) is 0 Å². The van der Waals surface area contributed by atoms with E-state index in [-0.39, 0.29) is 17.4 Å². The van der Waals surface area contributed by atoms with E-state index in [4.69, 9.17) is 11.6 Å². The number of rotatable bonds is 3. The molecule has 1 N–H and O–H groups in total. The fraction of sp³-hybridized carbons (Fsp3) is 0.462. The number of hydrogen-bond acceptors (Lipinski definition) is 2. The molecule has 1 aromatic carbocycles. The Morgan fingerprint density at radius 1 is 1.25 bits per heavy atom. The molecular weight excluding hydrogens is 222 g/mol. The van der Waals surface area contributed by atoms with Crippen molar-refractivity contribution in [2.24, 2.45) is 0 Å². The lowest BCUT2D eigenvalue weighted by Crippen LogP contribution is -2.46. The van der Waals surface area contributed by atoms with E-state index in [1.807, 2.05) is 27.7 Å². The van der Waals surface area contributed by atoms with E-state index < -0.39 is 0 Å². The standard InChI is InChI=1S/C13H18ClNO/c1-9(15-13(2,3)4)12(16)10-5-7-11(14)8-6-10/h5-9,15H,1-4H3/t9-/m1/s1. The van der Waals surface area contributed by atoms with Crippen molar-refractivity contribution in [3.63, 3.8) is 0 Å². The van der Waals surface area contributed by atoms with Crippen LogP contribution >= 0.6 is 11.6 Å². The molecule has 0 unspecified atom stereocenters. The van der Waals surface area contributed by atoms with Crippen LogP contribution in [0.1, 0.15) is 38.1 Å². The molecule has 0 aliphatic carbocycles. The molecule has 1 atom stereocenters. The molecule has 0 heterocycles. The summed E-state index contributed by atoms with van der Waals surface area (Å²) < 4.78 is 0. The van der Waals surface area contributed by atoms with Crippen molar-refractivity contribution in [2.75, 3.05) is 0 Å². The van der Waals surface area contributed by atoms with Gasteiger partial charge in [-0.2, -0.15) is 0 Å². The van der Waals surface area contributed by atoms with Crippen LogP contribution in [0.5, 0.6) is 0 Å². The summed E-state index contributed by atoms with van der Waals surface area (Å²) in [6, 6.07) is 6.79. The number of ketones is 1. The molecule has 1 rings (SSSR count). The molecule has 2 nitrogen and oxygen atoms in total. The van der Waals surface area contributed by atoms with E-state index in [9.17, 15) is 4.79 Å². The second-order valence-electron chi connectivity index (χ2n) is 4.99. The summed E-state index contributed by atoms with van der Waals surface area (Å²) in [4.78, 5) is 12.0. The number of carbonyl (C=O) groups excluding carboxylic acids is 1. The van der Waals surface area contributed by atoms with E-state index in [2.05, 4.69) is 5.32 Å². The first-order valence-corrected chi connectivity index (χ1v) is 5.75. The van der Waals surface area contributed by atoms with Crippen LogP contribution in [0, 0.1) is 0 Å². The van der Waals surface area contributed by atoms with Crippen molar-refractivity contribution in [1.82, 2.24) is 5.32 Å². The normalized spacial score (nSPS) is 13.6. The highest BCUT2D eigenvalue weighted by atomic mass is 35.5. The van der Waals surface area contributed by atoms with Crippen LogP contribution in [-0.4, -0.2) is 17.4 Å². The van der Waals surface area contributed by atoms with Crippen molar-refractivity contribution in [2.45, 2.75) is 39.3 Å². The van der Waals surface area contributed by atoms with Crippen LogP contribution in [0.15, 0.2) is 24.3 Å². The Bertz CT molecular complexity index is 365. The minimum Gasteiger partial charge on any atom is -0.303 e. The predicted octanol–water partition coefficient (Wildman–Crippen LogP) is 3.30. The van der Waals surface area contributed by atoms with Crippen molar-refractivity contribution in [3.8, 4) is 0 Å². The fourth-order valence-electron chi connectivity index (χ4n) is 1.58. The van der Waals surface area contributed by atoms with Gasteiger partial charge in [0.2, 0.25) is 0 Å². The monoisotopic (exact) mass is 239 g/mol. The number of benzene rings is 1. The van der Waals surface area contributed by atoms with E-state index in [0.29, 0.717) is 10.6 Å². The second kappa shape index (κ2) is 4.98. The highest BCUT2D eigenvalue weighted by molar-refractivity contribution is 6.30. The minimum absolute atomic E-state index is 0.0680. The Balaban J connectivity index is 2.74.